The number of hydrogen-bond acceptors (Lipinski definition) is 3. The van der Waals surface area contributed by atoms with Crippen molar-refractivity contribution in [2.75, 3.05) is 5.32 Å². The molecule has 0 unspecified atom stereocenters. The largest absolute Gasteiger partial charge is 0.333 e. The van der Waals surface area contributed by atoms with Gasteiger partial charge in [0.15, 0.2) is 0 Å². The van der Waals surface area contributed by atoms with E-state index < -0.39 is 5.91 Å². The molecule has 3 aromatic rings. The van der Waals surface area contributed by atoms with Crippen LogP contribution in [0, 0.1) is 29.6 Å². The molecule has 5 nitrogen and oxygen atoms in total. The number of amides is 1. The monoisotopic (exact) mass is 374 g/mol. The maximum atomic E-state index is 12.6. The molecular formula is C21H15ClN4O. The number of para-hydroxylation sites is 1. The Morgan fingerprint density at radius 3 is 2.74 bits per heavy atom. The Labute approximate surface area is 161 Å². The van der Waals surface area contributed by atoms with E-state index in [1.54, 1.807) is 35.9 Å². The second-order valence-electron chi connectivity index (χ2n) is 5.92. The van der Waals surface area contributed by atoms with Crippen molar-refractivity contribution in [1.82, 2.24) is 4.57 Å². The number of nitriles is 2. The Balaban J connectivity index is 1.99. The highest BCUT2D eigenvalue weighted by Gasteiger charge is 2.14. The SMILES string of the molecule is Cc1c(Cl)cccc1NC(=O)/C(C#N)=C\c1cn(CC#N)c2ccccc12. The van der Waals surface area contributed by atoms with Crippen LogP contribution in [-0.2, 0) is 11.3 Å². The molecule has 0 fully saturated rings. The quantitative estimate of drug-likeness (QED) is 0.532. The zero-order valence-electron chi connectivity index (χ0n) is 14.5. The van der Waals surface area contributed by atoms with Crippen LogP contribution in [0.5, 0.6) is 0 Å². The van der Waals surface area contributed by atoms with Crippen molar-refractivity contribution in [3.63, 3.8) is 0 Å². The first-order valence-electron chi connectivity index (χ1n) is 8.18. The molecule has 0 spiro atoms. The summed E-state index contributed by atoms with van der Waals surface area (Å²) in [5, 5.41) is 22.6. The highest BCUT2D eigenvalue weighted by Crippen LogP contribution is 2.25. The molecule has 6 heteroatoms. The lowest BCUT2D eigenvalue weighted by Gasteiger charge is -2.08. The fourth-order valence-electron chi connectivity index (χ4n) is 2.83. The van der Waals surface area contributed by atoms with Crippen LogP contribution in [0.1, 0.15) is 11.1 Å². The van der Waals surface area contributed by atoms with Crippen molar-refractivity contribution in [2.45, 2.75) is 13.5 Å². The van der Waals surface area contributed by atoms with Gasteiger partial charge in [0.1, 0.15) is 18.2 Å². The summed E-state index contributed by atoms with van der Waals surface area (Å²) >= 11 is 6.08. The molecule has 132 valence electrons. The number of nitrogens with one attached hydrogen (secondary N) is 1. The lowest BCUT2D eigenvalue weighted by molar-refractivity contribution is -0.112. The number of anilines is 1. The number of halogens is 1. The molecule has 0 bridgehead atoms. The van der Waals surface area contributed by atoms with E-state index in [4.69, 9.17) is 16.9 Å². The molecule has 27 heavy (non-hydrogen) atoms. The summed E-state index contributed by atoms with van der Waals surface area (Å²) in [5.74, 6) is -0.514. The maximum absolute atomic E-state index is 12.6. The van der Waals surface area contributed by atoms with Gasteiger partial charge in [0.25, 0.3) is 5.91 Å². The van der Waals surface area contributed by atoms with Crippen LogP contribution in [0.4, 0.5) is 5.69 Å². The minimum atomic E-state index is -0.514. The van der Waals surface area contributed by atoms with E-state index in [-0.39, 0.29) is 12.1 Å². The van der Waals surface area contributed by atoms with Crippen LogP contribution in [0.15, 0.2) is 54.2 Å². The van der Waals surface area contributed by atoms with Gasteiger partial charge in [-0.25, -0.2) is 0 Å². The molecule has 0 aliphatic heterocycles. The van der Waals surface area contributed by atoms with Gasteiger partial charge in [0.2, 0.25) is 0 Å². The smallest absolute Gasteiger partial charge is 0.266 e. The van der Waals surface area contributed by atoms with Crippen molar-refractivity contribution >= 4 is 40.2 Å². The number of aromatic nitrogens is 1. The number of carbonyl (C=O) groups is 1. The Bertz CT molecular complexity index is 1150. The summed E-state index contributed by atoms with van der Waals surface area (Å²) in [5.41, 5.74) is 2.83. The molecule has 1 amide bonds. The predicted octanol–water partition coefficient (Wildman–Crippen LogP) is 4.67. The zero-order valence-corrected chi connectivity index (χ0v) is 15.3. The number of hydrogen-bond donors (Lipinski definition) is 1. The first-order chi connectivity index (χ1) is 13.0. The van der Waals surface area contributed by atoms with Crippen LogP contribution in [0.3, 0.4) is 0 Å². The van der Waals surface area contributed by atoms with Crippen molar-refractivity contribution in [3.05, 3.63) is 70.4 Å². The Morgan fingerprint density at radius 2 is 2.00 bits per heavy atom. The molecule has 1 aromatic heterocycles. The predicted molar refractivity (Wildman–Crippen MR) is 106 cm³/mol. The Morgan fingerprint density at radius 1 is 1.22 bits per heavy atom. The van der Waals surface area contributed by atoms with Crippen molar-refractivity contribution in [3.8, 4) is 12.1 Å². The Kier molecular flexibility index (Phi) is 5.26. The number of carbonyl (C=O) groups excluding carboxylic acids is 1. The summed E-state index contributed by atoms with van der Waals surface area (Å²) < 4.78 is 1.79. The van der Waals surface area contributed by atoms with E-state index in [9.17, 15) is 10.1 Å². The molecule has 0 aliphatic rings. The van der Waals surface area contributed by atoms with Crippen LogP contribution in [-0.4, -0.2) is 10.5 Å². The highest BCUT2D eigenvalue weighted by molar-refractivity contribution is 6.31. The molecule has 1 heterocycles. The van der Waals surface area contributed by atoms with Gasteiger partial charge in [-0.3, -0.25) is 4.79 Å². The second kappa shape index (κ2) is 7.78. The van der Waals surface area contributed by atoms with E-state index in [2.05, 4.69) is 11.4 Å². The average Bonchev–Trinajstić information content (AvgIpc) is 3.01. The van der Waals surface area contributed by atoms with E-state index in [0.717, 1.165) is 16.5 Å². The summed E-state index contributed by atoms with van der Waals surface area (Å²) in [4.78, 5) is 12.6. The van der Waals surface area contributed by atoms with Gasteiger partial charge in [0.05, 0.1) is 6.07 Å². The molecule has 0 saturated heterocycles. The van der Waals surface area contributed by atoms with Gasteiger partial charge < -0.3 is 9.88 Å². The normalized spacial score (nSPS) is 11.0. The third-order valence-electron chi connectivity index (χ3n) is 4.24. The first-order valence-corrected chi connectivity index (χ1v) is 8.56. The molecule has 3 rings (SSSR count). The van der Waals surface area contributed by atoms with Gasteiger partial charge in [-0.1, -0.05) is 35.9 Å². The van der Waals surface area contributed by atoms with Crippen LogP contribution >= 0.6 is 11.6 Å². The van der Waals surface area contributed by atoms with Gasteiger partial charge in [0, 0.05) is 33.4 Å². The summed E-state index contributed by atoms with van der Waals surface area (Å²) in [7, 11) is 0. The fourth-order valence-corrected chi connectivity index (χ4v) is 3.01. The third kappa shape index (κ3) is 3.69. The first kappa shape index (κ1) is 18.3. The van der Waals surface area contributed by atoms with E-state index in [0.29, 0.717) is 16.3 Å². The zero-order chi connectivity index (χ0) is 19.4. The Hall–Kier alpha value is -3.54. The van der Waals surface area contributed by atoms with Crippen molar-refractivity contribution < 1.29 is 4.79 Å². The average molecular weight is 375 g/mol. The number of fused-ring (bicyclic) bond motifs is 1. The van der Waals surface area contributed by atoms with Crippen LogP contribution in [0.25, 0.3) is 17.0 Å². The number of benzene rings is 2. The minimum absolute atomic E-state index is 0.0331. The van der Waals surface area contributed by atoms with Crippen LogP contribution < -0.4 is 5.32 Å². The summed E-state index contributed by atoms with van der Waals surface area (Å²) in [6.45, 7) is 1.98. The molecular weight excluding hydrogens is 360 g/mol. The molecule has 2 aromatic carbocycles. The van der Waals surface area contributed by atoms with E-state index in [1.807, 2.05) is 30.3 Å². The minimum Gasteiger partial charge on any atom is -0.333 e. The highest BCUT2D eigenvalue weighted by atomic mass is 35.5. The van der Waals surface area contributed by atoms with Crippen molar-refractivity contribution in [1.29, 1.82) is 10.5 Å². The van der Waals surface area contributed by atoms with Gasteiger partial charge in [-0.15, -0.1) is 0 Å². The van der Waals surface area contributed by atoms with E-state index in [1.165, 1.54) is 6.08 Å². The van der Waals surface area contributed by atoms with Gasteiger partial charge in [-0.05, 0) is 36.8 Å². The third-order valence-corrected chi connectivity index (χ3v) is 4.65. The second-order valence-corrected chi connectivity index (χ2v) is 6.33. The van der Waals surface area contributed by atoms with Gasteiger partial charge >= 0.3 is 0 Å². The van der Waals surface area contributed by atoms with Gasteiger partial charge in [-0.2, -0.15) is 10.5 Å². The number of rotatable bonds is 4. The summed E-state index contributed by atoms with van der Waals surface area (Å²) in [6, 6.07) is 16.8. The standard InChI is InChI=1S/C21H15ClN4O/c1-14-18(22)6-4-7-19(14)25-21(27)15(12-24)11-16-13-26(10-9-23)20-8-3-2-5-17(16)20/h2-8,11,13H,10H2,1H3,(H,25,27)/b15-11-. The molecule has 0 radical (unpaired) electrons. The maximum Gasteiger partial charge on any atom is 0.266 e. The summed E-state index contributed by atoms with van der Waals surface area (Å²) in [6.07, 6.45) is 3.30. The topological polar surface area (TPSA) is 81.6 Å². The number of nitrogens with zero attached hydrogens (tertiary/aromatic N) is 3. The van der Waals surface area contributed by atoms with Crippen molar-refractivity contribution in [2.24, 2.45) is 0 Å². The fraction of sp³-hybridized carbons (Fsp3) is 0.0952. The molecule has 1 N–H and O–H groups in total. The lowest BCUT2D eigenvalue weighted by Crippen LogP contribution is -2.14. The van der Waals surface area contributed by atoms with Crippen LogP contribution in [0.2, 0.25) is 5.02 Å². The molecule has 0 saturated carbocycles. The molecule has 0 atom stereocenters. The lowest BCUT2D eigenvalue weighted by atomic mass is 10.1. The molecule has 0 aliphatic carbocycles. The van der Waals surface area contributed by atoms with E-state index >= 15 is 0 Å².